The van der Waals surface area contributed by atoms with Gasteiger partial charge in [-0.2, -0.15) is 0 Å². The van der Waals surface area contributed by atoms with Crippen molar-refractivity contribution in [1.29, 1.82) is 0 Å². The molecule has 1 saturated heterocycles. The van der Waals surface area contributed by atoms with Gasteiger partial charge in [-0.15, -0.1) is 11.3 Å². The molecule has 3 heterocycles. The van der Waals surface area contributed by atoms with Crippen LogP contribution in [0.4, 0.5) is 0 Å². The lowest BCUT2D eigenvalue weighted by molar-refractivity contribution is -0.126. The van der Waals surface area contributed by atoms with Crippen molar-refractivity contribution in [2.24, 2.45) is 0 Å². The van der Waals surface area contributed by atoms with E-state index in [0.29, 0.717) is 31.1 Å². The van der Waals surface area contributed by atoms with Crippen molar-refractivity contribution >= 4 is 23.2 Å². The summed E-state index contributed by atoms with van der Waals surface area (Å²) in [4.78, 5) is 31.4. The molecule has 2 amide bonds. The topological polar surface area (TPSA) is 80.8 Å². The van der Waals surface area contributed by atoms with Crippen molar-refractivity contribution in [2.75, 3.05) is 19.9 Å². The van der Waals surface area contributed by atoms with E-state index in [1.54, 1.807) is 10.3 Å². The van der Waals surface area contributed by atoms with E-state index in [0.717, 1.165) is 34.7 Å². The minimum absolute atomic E-state index is 0.148. The molecule has 0 saturated carbocycles. The summed E-state index contributed by atoms with van der Waals surface area (Å²) in [6.07, 6.45) is 1.62. The number of likely N-dealkylation sites (tertiary alicyclic amines) is 1. The minimum atomic E-state index is -0.205. The van der Waals surface area contributed by atoms with Gasteiger partial charge in [-0.1, -0.05) is 30.2 Å². The van der Waals surface area contributed by atoms with E-state index in [2.05, 4.69) is 22.1 Å². The molecule has 1 N–H and O–H groups in total. The number of carbonyl (C=O) groups is 2. The third-order valence-electron chi connectivity index (χ3n) is 5.86. The first-order valence-corrected chi connectivity index (χ1v) is 12.0. The number of benzene rings is 2. The molecule has 1 fully saturated rings. The molecule has 8 heteroatoms. The molecule has 0 unspecified atom stereocenters. The summed E-state index contributed by atoms with van der Waals surface area (Å²) in [6, 6.07) is 15.1. The Labute approximate surface area is 201 Å². The molecule has 0 spiro atoms. The number of amides is 2. The number of hydrogen-bond donors (Lipinski definition) is 1. The second-order valence-electron chi connectivity index (χ2n) is 8.12. The van der Waals surface area contributed by atoms with Crippen LogP contribution in [0.5, 0.6) is 11.5 Å². The molecule has 0 aliphatic carbocycles. The number of carbonyl (C=O) groups excluding carboxylic acids is 2. The van der Waals surface area contributed by atoms with Crippen molar-refractivity contribution < 1.29 is 19.1 Å². The van der Waals surface area contributed by atoms with Crippen LogP contribution >= 0.6 is 11.3 Å². The van der Waals surface area contributed by atoms with Crippen LogP contribution in [0.1, 0.15) is 45.4 Å². The Morgan fingerprint density at radius 3 is 2.71 bits per heavy atom. The van der Waals surface area contributed by atoms with Gasteiger partial charge in [-0.3, -0.25) is 9.59 Å². The third-order valence-corrected chi connectivity index (χ3v) is 6.87. The number of aromatic nitrogens is 1. The van der Waals surface area contributed by atoms with Gasteiger partial charge >= 0.3 is 0 Å². The molecule has 7 nitrogen and oxygen atoms in total. The highest BCUT2D eigenvalue weighted by Crippen LogP contribution is 2.33. The fourth-order valence-electron chi connectivity index (χ4n) is 3.96. The maximum absolute atomic E-state index is 12.6. The minimum Gasteiger partial charge on any atom is -0.454 e. The summed E-state index contributed by atoms with van der Waals surface area (Å²) >= 11 is 1.50. The first-order chi connectivity index (χ1) is 16.7. The zero-order valence-corrected chi connectivity index (χ0v) is 19.3. The van der Waals surface area contributed by atoms with Crippen molar-refractivity contribution in [3.63, 3.8) is 0 Å². The number of thiazole rings is 1. The van der Waals surface area contributed by atoms with Crippen LogP contribution in [0.3, 0.4) is 0 Å². The van der Waals surface area contributed by atoms with E-state index in [1.165, 1.54) is 11.3 Å². The van der Waals surface area contributed by atoms with E-state index in [4.69, 9.17) is 9.47 Å². The lowest BCUT2D eigenvalue weighted by atomic mass is 9.97. The van der Waals surface area contributed by atoms with Gasteiger partial charge in [0.2, 0.25) is 6.79 Å². The van der Waals surface area contributed by atoms with Gasteiger partial charge in [0, 0.05) is 42.4 Å². The molecular formula is C26H23N3O4S. The number of piperidine rings is 1. The molecule has 2 aliphatic rings. The smallest absolute Gasteiger partial charge is 0.298 e. The molecular weight excluding hydrogens is 450 g/mol. The SMILES string of the molecule is O=C(NCc1ccc2c(c1)OCO2)c1csc(C2CCN(C(=O)C#Cc3ccccc3)CC2)n1. The van der Waals surface area contributed by atoms with Gasteiger partial charge in [0.25, 0.3) is 11.8 Å². The van der Waals surface area contributed by atoms with Gasteiger partial charge in [-0.05, 0) is 42.7 Å². The number of nitrogens with zero attached hydrogens (tertiary/aromatic N) is 2. The quantitative estimate of drug-likeness (QED) is 0.586. The second-order valence-corrected chi connectivity index (χ2v) is 9.01. The lowest BCUT2D eigenvalue weighted by Gasteiger charge is -2.29. The van der Waals surface area contributed by atoms with E-state index < -0.39 is 0 Å². The molecule has 3 aromatic rings. The van der Waals surface area contributed by atoms with Crippen LogP contribution in [-0.2, 0) is 11.3 Å². The first kappa shape index (κ1) is 22.0. The predicted molar refractivity (Wildman–Crippen MR) is 128 cm³/mol. The maximum atomic E-state index is 12.6. The summed E-state index contributed by atoms with van der Waals surface area (Å²) in [5, 5.41) is 5.65. The largest absolute Gasteiger partial charge is 0.454 e. The monoisotopic (exact) mass is 473 g/mol. The van der Waals surface area contributed by atoms with E-state index in [1.807, 2.05) is 48.5 Å². The normalized spacial score (nSPS) is 14.9. The number of ether oxygens (including phenoxy) is 2. The number of rotatable bonds is 4. The third kappa shape index (κ3) is 5.05. The standard InChI is InChI=1S/C26H23N3O4S/c30-24(9-7-18-4-2-1-3-5-18)29-12-10-20(11-13-29)26-28-21(16-34-26)25(31)27-15-19-6-8-22-23(14-19)33-17-32-22/h1-6,8,14,16,20H,10-13,15,17H2,(H,27,31). The second kappa shape index (κ2) is 9.98. The molecule has 2 aromatic carbocycles. The summed E-state index contributed by atoms with van der Waals surface area (Å²) in [6.45, 7) is 1.88. The molecule has 34 heavy (non-hydrogen) atoms. The zero-order valence-electron chi connectivity index (χ0n) is 18.5. The van der Waals surface area contributed by atoms with Gasteiger partial charge < -0.3 is 19.7 Å². The molecule has 0 radical (unpaired) electrons. The van der Waals surface area contributed by atoms with Gasteiger partial charge in [-0.25, -0.2) is 4.98 Å². The molecule has 5 rings (SSSR count). The Kier molecular flexibility index (Phi) is 6.45. The predicted octanol–water partition coefficient (Wildman–Crippen LogP) is 3.56. The Morgan fingerprint density at radius 2 is 1.88 bits per heavy atom. The van der Waals surface area contributed by atoms with Crippen molar-refractivity contribution in [3.05, 3.63) is 75.7 Å². The number of hydrogen-bond acceptors (Lipinski definition) is 6. The van der Waals surface area contributed by atoms with E-state index in [-0.39, 0.29) is 24.5 Å². The van der Waals surface area contributed by atoms with Crippen molar-refractivity contribution in [2.45, 2.75) is 25.3 Å². The highest BCUT2D eigenvalue weighted by Gasteiger charge is 2.26. The zero-order chi connectivity index (χ0) is 23.3. The van der Waals surface area contributed by atoms with Gasteiger partial charge in [0.15, 0.2) is 11.5 Å². The summed E-state index contributed by atoms with van der Waals surface area (Å²) in [7, 11) is 0. The van der Waals surface area contributed by atoms with Crippen LogP contribution in [-0.4, -0.2) is 41.6 Å². The molecule has 0 bridgehead atoms. The summed E-state index contributed by atoms with van der Waals surface area (Å²) in [5.41, 5.74) is 2.19. The fourth-order valence-corrected chi connectivity index (χ4v) is 4.93. The van der Waals surface area contributed by atoms with Crippen molar-refractivity contribution in [3.8, 4) is 23.3 Å². The Hall–Kier alpha value is -3.83. The molecule has 1 aromatic heterocycles. The van der Waals surface area contributed by atoms with Crippen LogP contribution < -0.4 is 14.8 Å². The fraction of sp³-hybridized carbons (Fsp3) is 0.269. The van der Waals surface area contributed by atoms with Crippen LogP contribution in [0.2, 0.25) is 0 Å². The van der Waals surface area contributed by atoms with Crippen LogP contribution in [0, 0.1) is 11.8 Å². The summed E-state index contributed by atoms with van der Waals surface area (Å²) < 4.78 is 10.7. The Morgan fingerprint density at radius 1 is 1.09 bits per heavy atom. The van der Waals surface area contributed by atoms with Gasteiger partial charge in [0.05, 0.1) is 5.01 Å². The highest BCUT2D eigenvalue weighted by atomic mass is 32.1. The molecule has 0 atom stereocenters. The van der Waals surface area contributed by atoms with Crippen LogP contribution in [0.25, 0.3) is 0 Å². The van der Waals surface area contributed by atoms with E-state index in [9.17, 15) is 9.59 Å². The first-order valence-electron chi connectivity index (χ1n) is 11.1. The Bertz CT molecular complexity index is 1250. The van der Waals surface area contributed by atoms with Crippen LogP contribution in [0.15, 0.2) is 53.9 Å². The van der Waals surface area contributed by atoms with Crippen molar-refractivity contribution in [1.82, 2.24) is 15.2 Å². The average Bonchev–Trinajstić information content (AvgIpc) is 3.56. The lowest BCUT2D eigenvalue weighted by Crippen LogP contribution is -2.37. The number of fused-ring (bicyclic) bond motifs is 1. The molecule has 2 aliphatic heterocycles. The summed E-state index contributed by atoms with van der Waals surface area (Å²) in [5.74, 6) is 6.97. The molecule has 172 valence electrons. The van der Waals surface area contributed by atoms with E-state index >= 15 is 0 Å². The Balaban J connectivity index is 1.12. The highest BCUT2D eigenvalue weighted by molar-refractivity contribution is 7.09. The van der Waals surface area contributed by atoms with Gasteiger partial charge in [0.1, 0.15) is 5.69 Å². The number of nitrogens with one attached hydrogen (secondary N) is 1. The maximum Gasteiger partial charge on any atom is 0.298 e. The average molecular weight is 474 g/mol.